The van der Waals surface area contributed by atoms with Gasteiger partial charge < -0.3 is 10.1 Å². The van der Waals surface area contributed by atoms with E-state index >= 15 is 0 Å². The number of carbonyl (C=O) groups excluding carboxylic acids is 1. The van der Waals surface area contributed by atoms with E-state index in [2.05, 4.69) is 21.2 Å². The summed E-state index contributed by atoms with van der Waals surface area (Å²) >= 11 is 3.37. The van der Waals surface area contributed by atoms with Crippen molar-refractivity contribution >= 4 is 27.5 Å². The molecule has 0 aliphatic rings. The van der Waals surface area contributed by atoms with Gasteiger partial charge in [0.25, 0.3) is 0 Å². The Kier molecular flexibility index (Phi) is 4.58. The molecule has 0 atom stereocenters. The molecule has 98 valence electrons. The van der Waals surface area contributed by atoms with Crippen molar-refractivity contribution in [3.63, 3.8) is 0 Å². The molecule has 0 fully saturated rings. The highest BCUT2D eigenvalue weighted by Gasteiger charge is 2.08. The smallest absolute Gasteiger partial charge is 0.228 e. The van der Waals surface area contributed by atoms with Gasteiger partial charge in [0.15, 0.2) is 0 Å². The number of halogens is 1. The van der Waals surface area contributed by atoms with E-state index in [1.165, 1.54) is 0 Å². The van der Waals surface area contributed by atoms with Crippen LogP contribution in [0.25, 0.3) is 0 Å². The highest BCUT2D eigenvalue weighted by molar-refractivity contribution is 9.10. The quantitative estimate of drug-likeness (QED) is 0.934. The van der Waals surface area contributed by atoms with Crippen LogP contribution in [0.15, 0.2) is 53.0 Å². The lowest BCUT2D eigenvalue weighted by atomic mass is 10.1. The molecule has 1 amide bonds. The number of anilines is 1. The fourth-order valence-corrected chi connectivity index (χ4v) is 2.19. The number of hydrogen-bond acceptors (Lipinski definition) is 2. The van der Waals surface area contributed by atoms with Crippen LogP contribution in [-0.2, 0) is 11.2 Å². The summed E-state index contributed by atoms with van der Waals surface area (Å²) in [6, 6.07) is 15.0. The molecule has 4 heteroatoms. The molecule has 0 saturated carbocycles. The predicted octanol–water partition coefficient (Wildman–Crippen LogP) is 3.64. The van der Waals surface area contributed by atoms with Crippen LogP contribution < -0.4 is 10.1 Å². The molecule has 0 aliphatic carbocycles. The van der Waals surface area contributed by atoms with E-state index in [0.717, 1.165) is 21.5 Å². The lowest BCUT2D eigenvalue weighted by Crippen LogP contribution is -2.14. The number of amides is 1. The SMILES string of the molecule is COc1ccccc1CC(=O)Nc1cccc(Br)c1. The van der Waals surface area contributed by atoms with Gasteiger partial charge >= 0.3 is 0 Å². The Hall–Kier alpha value is -1.81. The zero-order valence-corrected chi connectivity index (χ0v) is 12.1. The van der Waals surface area contributed by atoms with Crippen LogP contribution >= 0.6 is 15.9 Å². The molecule has 0 bridgehead atoms. The summed E-state index contributed by atoms with van der Waals surface area (Å²) in [5.41, 5.74) is 1.65. The van der Waals surface area contributed by atoms with Crippen molar-refractivity contribution < 1.29 is 9.53 Å². The van der Waals surface area contributed by atoms with Gasteiger partial charge in [-0.3, -0.25) is 4.79 Å². The summed E-state index contributed by atoms with van der Waals surface area (Å²) in [6.07, 6.45) is 0.288. The van der Waals surface area contributed by atoms with Crippen LogP contribution in [0.3, 0.4) is 0 Å². The minimum atomic E-state index is -0.0670. The van der Waals surface area contributed by atoms with Crippen LogP contribution in [0.1, 0.15) is 5.56 Å². The number of nitrogens with one attached hydrogen (secondary N) is 1. The normalized spacial score (nSPS) is 10.0. The molecule has 19 heavy (non-hydrogen) atoms. The maximum Gasteiger partial charge on any atom is 0.228 e. The maximum atomic E-state index is 12.0. The van der Waals surface area contributed by atoms with Crippen molar-refractivity contribution in [1.82, 2.24) is 0 Å². The average molecular weight is 320 g/mol. The summed E-state index contributed by atoms with van der Waals surface area (Å²) in [7, 11) is 1.60. The number of ether oxygens (including phenoxy) is 1. The number of para-hydroxylation sites is 1. The average Bonchev–Trinajstić information content (AvgIpc) is 2.39. The van der Waals surface area contributed by atoms with Crippen molar-refractivity contribution in [1.29, 1.82) is 0 Å². The molecule has 2 aromatic rings. The van der Waals surface area contributed by atoms with Gasteiger partial charge in [-0.2, -0.15) is 0 Å². The second kappa shape index (κ2) is 6.38. The third-order valence-electron chi connectivity index (χ3n) is 2.65. The van der Waals surface area contributed by atoms with E-state index < -0.39 is 0 Å². The van der Waals surface area contributed by atoms with E-state index in [9.17, 15) is 4.79 Å². The van der Waals surface area contributed by atoms with Crippen molar-refractivity contribution in [2.24, 2.45) is 0 Å². The lowest BCUT2D eigenvalue weighted by molar-refractivity contribution is -0.115. The molecule has 3 nitrogen and oxygen atoms in total. The van der Waals surface area contributed by atoms with Gasteiger partial charge in [0.2, 0.25) is 5.91 Å². The first-order chi connectivity index (χ1) is 9.19. The molecule has 2 rings (SSSR count). The molecule has 0 saturated heterocycles. The Balaban J connectivity index is 2.05. The first-order valence-electron chi connectivity index (χ1n) is 5.86. The van der Waals surface area contributed by atoms with Crippen LogP contribution in [-0.4, -0.2) is 13.0 Å². The van der Waals surface area contributed by atoms with E-state index in [4.69, 9.17) is 4.74 Å². The Morgan fingerprint density at radius 2 is 2.00 bits per heavy atom. The van der Waals surface area contributed by atoms with Gasteiger partial charge in [0, 0.05) is 15.7 Å². The molecule has 0 aliphatic heterocycles. The van der Waals surface area contributed by atoms with Crippen LogP contribution in [0, 0.1) is 0 Å². The van der Waals surface area contributed by atoms with Gasteiger partial charge in [-0.1, -0.05) is 40.2 Å². The Morgan fingerprint density at radius 3 is 2.74 bits per heavy atom. The Morgan fingerprint density at radius 1 is 1.21 bits per heavy atom. The molecule has 0 heterocycles. The molecular formula is C15H14BrNO2. The number of methoxy groups -OCH3 is 1. The van der Waals surface area contributed by atoms with Gasteiger partial charge in [-0.25, -0.2) is 0 Å². The minimum absolute atomic E-state index is 0.0670. The first kappa shape index (κ1) is 13.6. The van der Waals surface area contributed by atoms with Gasteiger partial charge in [0.1, 0.15) is 5.75 Å². The van der Waals surface area contributed by atoms with Crippen molar-refractivity contribution in [3.8, 4) is 5.75 Å². The van der Waals surface area contributed by atoms with Gasteiger partial charge in [-0.15, -0.1) is 0 Å². The van der Waals surface area contributed by atoms with Crippen molar-refractivity contribution in [2.75, 3.05) is 12.4 Å². The number of benzene rings is 2. The highest BCUT2D eigenvalue weighted by Crippen LogP contribution is 2.19. The standard InChI is InChI=1S/C15H14BrNO2/c1-19-14-8-3-2-5-11(14)9-15(18)17-13-7-4-6-12(16)10-13/h2-8,10H,9H2,1H3,(H,17,18). The topological polar surface area (TPSA) is 38.3 Å². The van der Waals surface area contributed by atoms with E-state index in [1.807, 2.05) is 48.5 Å². The molecule has 0 radical (unpaired) electrons. The summed E-state index contributed by atoms with van der Waals surface area (Å²) in [6.45, 7) is 0. The number of hydrogen-bond donors (Lipinski definition) is 1. The van der Waals surface area contributed by atoms with Crippen LogP contribution in [0.5, 0.6) is 5.75 Å². The van der Waals surface area contributed by atoms with Crippen molar-refractivity contribution in [2.45, 2.75) is 6.42 Å². The molecular weight excluding hydrogens is 306 g/mol. The monoisotopic (exact) mass is 319 g/mol. The highest BCUT2D eigenvalue weighted by atomic mass is 79.9. The van der Waals surface area contributed by atoms with Crippen molar-refractivity contribution in [3.05, 3.63) is 58.6 Å². The third kappa shape index (κ3) is 3.83. The zero-order valence-electron chi connectivity index (χ0n) is 10.5. The van der Waals surface area contributed by atoms with E-state index in [0.29, 0.717) is 0 Å². The fraction of sp³-hybridized carbons (Fsp3) is 0.133. The summed E-state index contributed by atoms with van der Waals surface area (Å²) < 4.78 is 6.16. The van der Waals surface area contributed by atoms with Gasteiger partial charge in [0.05, 0.1) is 13.5 Å². The van der Waals surface area contributed by atoms with Crippen LogP contribution in [0.4, 0.5) is 5.69 Å². The first-order valence-corrected chi connectivity index (χ1v) is 6.65. The molecule has 0 spiro atoms. The zero-order chi connectivity index (χ0) is 13.7. The third-order valence-corrected chi connectivity index (χ3v) is 3.15. The molecule has 0 unspecified atom stereocenters. The molecule has 1 N–H and O–H groups in total. The molecule has 0 aromatic heterocycles. The van der Waals surface area contributed by atoms with Crippen LogP contribution in [0.2, 0.25) is 0 Å². The summed E-state index contributed by atoms with van der Waals surface area (Å²) in [5.74, 6) is 0.662. The maximum absolute atomic E-state index is 12.0. The lowest BCUT2D eigenvalue weighted by Gasteiger charge is -2.09. The Labute approximate surface area is 120 Å². The van der Waals surface area contributed by atoms with E-state index in [1.54, 1.807) is 7.11 Å². The minimum Gasteiger partial charge on any atom is -0.496 e. The number of rotatable bonds is 4. The van der Waals surface area contributed by atoms with E-state index in [-0.39, 0.29) is 12.3 Å². The Bertz CT molecular complexity index is 584. The molecule has 2 aromatic carbocycles. The number of carbonyl (C=O) groups is 1. The van der Waals surface area contributed by atoms with Gasteiger partial charge in [-0.05, 0) is 24.3 Å². The largest absolute Gasteiger partial charge is 0.496 e. The summed E-state index contributed by atoms with van der Waals surface area (Å²) in [4.78, 5) is 12.0. The summed E-state index contributed by atoms with van der Waals surface area (Å²) in [5, 5.41) is 2.86. The second-order valence-electron chi connectivity index (χ2n) is 4.05. The second-order valence-corrected chi connectivity index (χ2v) is 4.96. The predicted molar refractivity (Wildman–Crippen MR) is 79.5 cm³/mol. The fourth-order valence-electron chi connectivity index (χ4n) is 1.79.